The van der Waals surface area contributed by atoms with Crippen molar-refractivity contribution in [2.24, 2.45) is 0 Å². The zero-order valence-corrected chi connectivity index (χ0v) is 10.2. The number of aryl methyl sites for hydroxylation is 1. The molecular weight excluding hydrogens is 196 g/mol. The minimum absolute atomic E-state index is 0.939. The number of fused-ring (bicyclic) bond motifs is 1. The largest absolute Gasteiger partial charge is 0.347 e. The Morgan fingerprint density at radius 2 is 2.12 bits per heavy atom. The number of nitrogens with one attached hydrogen (secondary N) is 1. The minimum atomic E-state index is 0.939. The highest BCUT2D eigenvalue weighted by atomic mass is 14.9. The fraction of sp³-hybridized carbons (Fsp3) is 0.429. The molecule has 2 heteroatoms. The Labute approximate surface area is 97.3 Å². The molecule has 2 nitrogen and oxygen atoms in total. The van der Waals surface area contributed by atoms with Crippen LogP contribution in [0.5, 0.6) is 0 Å². The van der Waals surface area contributed by atoms with Crippen molar-refractivity contribution in [1.29, 1.82) is 0 Å². The number of aromatic nitrogens is 1. The summed E-state index contributed by atoms with van der Waals surface area (Å²) in [5, 5.41) is 4.54. The maximum Gasteiger partial charge on any atom is 0.0483 e. The zero-order valence-electron chi connectivity index (χ0n) is 10.2. The smallest absolute Gasteiger partial charge is 0.0483 e. The summed E-state index contributed by atoms with van der Waals surface area (Å²) in [6.45, 7) is 4.30. The highest BCUT2D eigenvalue weighted by Gasteiger charge is 2.01. The first kappa shape index (κ1) is 11.2. The first-order chi connectivity index (χ1) is 7.85. The van der Waals surface area contributed by atoms with Gasteiger partial charge in [0.1, 0.15) is 0 Å². The van der Waals surface area contributed by atoms with E-state index >= 15 is 0 Å². The SMILES string of the molecule is CCCCn1ccc2ccc(CNC)cc21. The van der Waals surface area contributed by atoms with Gasteiger partial charge in [-0.15, -0.1) is 0 Å². The van der Waals surface area contributed by atoms with Gasteiger partial charge in [-0.1, -0.05) is 25.5 Å². The van der Waals surface area contributed by atoms with E-state index < -0.39 is 0 Å². The van der Waals surface area contributed by atoms with E-state index in [-0.39, 0.29) is 0 Å². The molecule has 0 aliphatic carbocycles. The summed E-state index contributed by atoms with van der Waals surface area (Å²) in [6.07, 6.45) is 4.69. The third-order valence-electron chi connectivity index (χ3n) is 2.97. The van der Waals surface area contributed by atoms with Crippen LogP contribution in [0, 0.1) is 0 Å². The first-order valence-electron chi connectivity index (χ1n) is 6.07. The molecule has 0 saturated heterocycles. The molecule has 2 aromatic rings. The molecule has 0 spiro atoms. The second-order valence-electron chi connectivity index (χ2n) is 4.29. The van der Waals surface area contributed by atoms with Crippen LogP contribution in [0.1, 0.15) is 25.3 Å². The molecule has 0 atom stereocenters. The molecule has 1 aromatic heterocycles. The van der Waals surface area contributed by atoms with E-state index in [0.29, 0.717) is 0 Å². The highest BCUT2D eigenvalue weighted by molar-refractivity contribution is 5.80. The number of hydrogen-bond acceptors (Lipinski definition) is 1. The van der Waals surface area contributed by atoms with Gasteiger partial charge in [-0.2, -0.15) is 0 Å². The van der Waals surface area contributed by atoms with Crippen molar-refractivity contribution in [2.45, 2.75) is 32.9 Å². The molecule has 0 saturated carbocycles. The van der Waals surface area contributed by atoms with E-state index in [1.807, 2.05) is 7.05 Å². The van der Waals surface area contributed by atoms with Crippen molar-refractivity contribution < 1.29 is 0 Å². The lowest BCUT2D eigenvalue weighted by Gasteiger charge is -2.06. The van der Waals surface area contributed by atoms with Crippen molar-refractivity contribution >= 4 is 10.9 Å². The van der Waals surface area contributed by atoms with Gasteiger partial charge < -0.3 is 9.88 Å². The maximum absolute atomic E-state index is 3.19. The number of rotatable bonds is 5. The van der Waals surface area contributed by atoms with Crippen molar-refractivity contribution in [2.75, 3.05) is 7.05 Å². The first-order valence-corrected chi connectivity index (χ1v) is 6.07. The molecular formula is C14H20N2. The molecule has 86 valence electrons. The molecule has 2 rings (SSSR count). The van der Waals surface area contributed by atoms with E-state index in [4.69, 9.17) is 0 Å². The fourth-order valence-corrected chi connectivity index (χ4v) is 2.07. The summed E-state index contributed by atoms with van der Waals surface area (Å²) in [5.74, 6) is 0. The summed E-state index contributed by atoms with van der Waals surface area (Å²) in [5.41, 5.74) is 2.72. The second-order valence-corrected chi connectivity index (χ2v) is 4.29. The Balaban J connectivity index is 2.31. The summed E-state index contributed by atoms with van der Waals surface area (Å²) in [4.78, 5) is 0. The van der Waals surface area contributed by atoms with E-state index in [9.17, 15) is 0 Å². The molecule has 0 aliphatic heterocycles. The molecule has 0 radical (unpaired) electrons. The van der Waals surface area contributed by atoms with Gasteiger partial charge in [0, 0.05) is 24.8 Å². The van der Waals surface area contributed by atoms with Crippen LogP contribution in [0.25, 0.3) is 10.9 Å². The average Bonchev–Trinajstić information content (AvgIpc) is 2.69. The van der Waals surface area contributed by atoms with Gasteiger partial charge in [0.2, 0.25) is 0 Å². The number of hydrogen-bond donors (Lipinski definition) is 1. The Bertz CT molecular complexity index is 457. The third kappa shape index (κ3) is 2.27. The van der Waals surface area contributed by atoms with Gasteiger partial charge in [0.05, 0.1) is 0 Å². The Kier molecular flexibility index (Phi) is 3.62. The van der Waals surface area contributed by atoms with Crippen LogP contribution in [0.15, 0.2) is 30.5 Å². The number of nitrogens with zero attached hydrogens (tertiary/aromatic N) is 1. The molecule has 0 bridgehead atoms. The fourth-order valence-electron chi connectivity index (χ4n) is 2.07. The summed E-state index contributed by atoms with van der Waals surface area (Å²) >= 11 is 0. The number of benzene rings is 1. The van der Waals surface area contributed by atoms with Crippen LogP contribution < -0.4 is 5.32 Å². The second kappa shape index (κ2) is 5.17. The van der Waals surface area contributed by atoms with Crippen LogP contribution in [0.2, 0.25) is 0 Å². The van der Waals surface area contributed by atoms with Crippen molar-refractivity contribution in [3.63, 3.8) is 0 Å². The summed E-state index contributed by atoms with van der Waals surface area (Å²) < 4.78 is 2.36. The molecule has 0 fully saturated rings. The molecule has 0 amide bonds. The monoisotopic (exact) mass is 216 g/mol. The van der Waals surface area contributed by atoms with Crippen molar-refractivity contribution in [3.8, 4) is 0 Å². The van der Waals surface area contributed by atoms with E-state index in [0.717, 1.165) is 13.1 Å². The van der Waals surface area contributed by atoms with Crippen LogP contribution in [0.3, 0.4) is 0 Å². The molecule has 16 heavy (non-hydrogen) atoms. The van der Waals surface area contributed by atoms with Gasteiger partial charge >= 0.3 is 0 Å². The molecule has 1 N–H and O–H groups in total. The molecule has 0 aliphatic rings. The Morgan fingerprint density at radius 1 is 1.25 bits per heavy atom. The van der Waals surface area contributed by atoms with Crippen LogP contribution in [0.4, 0.5) is 0 Å². The van der Waals surface area contributed by atoms with Crippen LogP contribution in [-0.4, -0.2) is 11.6 Å². The Morgan fingerprint density at radius 3 is 2.88 bits per heavy atom. The average molecular weight is 216 g/mol. The minimum Gasteiger partial charge on any atom is -0.347 e. The maximum atomic E-state index is 3.19. The predicted molar refractivity (Wildman–Crippen MR) is 69.6 cm³/mol. The third-order valence-corrected chi connectivity index (χ3v) is 2.97. The predicted octanol–water partition coefficient (Wildman–Crippen LogP) is 3.16. The molecule has 0 unspecified atom stereocenters. The van der Waals surface area contributed by atoms with Gasteiger partial charge in [-0.25, -0.2) is 0 Å². The van der Waals surface area contributed by atoms with Crippen LogP contribution in [-0.2, 0) is 13.1 Å². The lowest BCUT2D eigenvalue weighted by atomic mass is 10.1. The topological polar surface area (TPSA) is 17.0 Å². The quantitative estimate of drug-likeness (QED) is 0.812. The van der Waals surface area contributed by atoms with Crippen molar-refractivity contribution in [1.82, 2.24) is 9.88 Å². The standard InChI is InChI=1S/C14H20N2/c1-3-4-8-16-9-7-13-6-5-12(11-15-2)10-14(13)16/h5-7,9-10,15H,3-4,8,11H2,1-2H3. The van der Waals surface area contributed by atoms with E-state index in [1.165, 1.54) is 29.3 Å². The van der Waals surface area contributed by atoms with Crippen molar-refractivity contribution in [3.05, 3.63) is 36.0 Å². The van der Waals surface area contributed by atoms with Gasteiger partial charge in [0.15, 0.2) is 0 Å². The highest BCUT2D eigenvalue weighted by Crippen LogP contribution is 2.18. The van der Waals surface area contributed by atoms with E-state index in [2.05, 4.69) is 47.3 Å². The summed E-state index contributed by atoms with van der Waals surface area (Å²) in [6, 6.07) is 8.91. The molecule has 1 heterocycles. The van der Waals surface area contributed by atoms with Gasteiger partial charge in [-0.05, 0) is 36.6 Å². The van der Waals surface area contributed by atoms with Crippen LogP contribution >= 0.6 is 0 Å². The normalized spacial score (nSPS) is 11.1. The zero-order chi connectivity index (χ0) is 11.4. The van der Waals surface area contributed by atoms with Gasteiger partial charge in [0.25, 0.3) is 0 Å². The van der Waals surface area contributed by atoms with E-state index in [1.54, 1.807) is 0 Å². The molecule has 1 aromatic carbocycles. The number of unbranched alkanes of at least 4 members (excludes halogenated alkanes) is 1. The Hall–Kier alpha value is -1.28. The lowest BCUT2D eigenvalue weighted by molar-refractivity contribution is 0.650. The summed E-state index contributed by atoms with van der Waals surface area (Å²) in [7, 11) is 1.99. The van der Waals surface area contributed by atoms with Gasteiger partial charge in [-0.3, -0.25) is 0 Å². The lowest BCUT2D eigenvalue weighted by Crippen LogP contribution is -2.05.